The molecule has 19 heavy (non-hydrogen) atoms. The van der Waals surface area contributed by atoms with Crippen molar-refractivity contribution < 1.29 is 4.42 Å². The molecule has 2 aromatic heterocycles. The number of nitrogens with zero attached hydrogens (tertiary/aromatic N) is 2. The maximum atomic E-state index is 5.35. The van der Waals surface area contributed by atoms with E-state index in [1.807, 2.05) is 36.5 Å². The van der Waals surface area contributed by atoms with Crippen LogP contribution in [0.15, 0.2) is 59.3 Å². The standard InChI is InChI=1S/C16H16N2O/c1-18(12-15-6-4-8-19-15)11-13-9-14-5-2-3-7-16(14)17-10-13/h2-10H,11-12H2,1H3. The number of benzene rings is 1. The molecule has 3 rings (SSSR count). The van der Waals surface area contributed by atoms with Gasteiger partial charge < -0.3 is 4.42 Å². The van der Waals surface area contributed by atoms with E-state index in [1.54, 1.807) is 6.26 Å². The van der Waals surface area contributed by atoms with Crippen LogP contribution in [-0.2, 0) is 13.1 Å². The first kappa shape index (κ1) is 11.9. The molecule has 0 spiro atoms. The average molecular weight is 252 g/mol. The molecule has 0 aliphatic rings. The Balaban J connectivity index is 1.73. The molecule has 3 heteroatoms. The lowest BCUT2D eigenvalue weighted by Gasteiger charge is -2.15. The third kappa shape index (κ3) is 2.83. The van der Waals surface area contributed by atoms with E-state index in [0.717, 1.165) is 24.4 Å². The van der Waals surface area contributed by atoms with Gasteiger partial charge in [0.1, 0.15) is 5.76 Å². The van der Waals surface area contributed by atoms with E-state index in [2.05, 4.69) is 29.1 Å². The first-order chi connectivity index (χ1) is 9.31. The normalized spacial score (nSPS) is 11.3. The van der Waals surface area contributed by atoms with Gasteiger partial charge in [0.15, 0.2) is 0 Å². The van der Waals surface area contributed by atoms with Crippen molar-refractivity contribution in [3.05, 3.63) is 66.2 Å². The molecule has 96 valence electrons. The van der Waals surface area contributed by atoms with Gasteiger partial charge in [0.05, 0.1) is 18.3 Å². The lowest BCUT2D eigenvalue weighted by molar-refractivity contribution is 0.287. The van der Waals surface area contributed by atoms with Gasteiger partial charge in [-0.05, 0) is 36.9 Å². The Hall–Kier alpha value is -2.13. The molecule has 0 saturated carbocycles. The SMILES string of the molecule is CN(Cc1cnc2ccccc2c1)Cc1ccco1. The maximum absolute atomic E-state index is 5.35. The highest BCUT2D eigenvalue weighted by Crippen LogP contribution is 2.14. The first-order valence-electron chi connectivity index (χ1n) is 6.36. The molecule has 0 aliphatic carbocycles. The predicted molar refractivity (Wildman–Crippen MR) is 75.6 cm³/mol. The Labute approximate surface area is 112 Å². The van der Waals surface area contributed by atoms with Gasteiger partial charge in [-0.1, -0.05) is 18.2 Å². The molecule has 0 bridgehead atoms. The monoisotopic (exact) mass is 252 g/mol. The second kappa shape index (κ2) is 5.24. The Bertz CT molecular complexity index is 661. The van der Waals surface area contributed by atoms with E-state index >= 15 is 0 Å². The molecule has 0 saturated heterocycles. The lowest BCUT2D eigenvalue weighted by Crippen LogP contribution is -2.16. The molecule has 1 aromatic carbocycles. The first-order valence-corrected chi connectivity index (χ1v) is 6.36. The molecule has 2 heterocycles. The minimum absolute atomic E-state index is 0.805. The van der Waals surface area contributed by atoms with Crippen LogP contribution in [0.4, 0.5) is 0 Å². The van der Waals surface area contributed by atoms with Gasteiger partial charge in [-0.25, -0.2) is 0 Å². The Morgan fingerprint density at radius 3 is 2.84 bits per heavy atom. The van der Waals surface area contributed by atoms with Crippen LogP contribution in [0, 0.1) is 0 Å². The van der Waals surface area contributed by atoms with E-state index < -0.39 is 0 Å². The quantitative estimate of drug-likeness (QED) is 0.712. The number of hydrogen-bond acceptors (Lipinski definition) is 3. The highest BCUT2D eigenvalue weighted by molar-refractivity contribution is 5.78. The average Bonchev–Trinajstić information content (AvgIpc) is 2.91. The van der Waals surface area contributed by atoms with Crippen LogP contribution in [0.1, 0.15) is 11.3 Å². The number of rotatable bonds is 4. The summed E-state index contributed by atoms with van der Waals surface area (Å²) in [6.07, 6.45) is 3.65. The molecule has 0 radical (unpaired) electrons. The number of aromatic nitrogens is 1. The zero-order chi connectivity index (χ0) is 13.1. The summed E-state index contributed by atoms with van der Waals surface area (Å²) in [5.41, 5.74) is 2.26. The molecular formula is C16H16N2O. The summed E-state index contributed by atoms with van der Waals surface area (Å²) < 4.78 is 5.35. The summed E-state index contributed by atoms with van der Waals surface area (Å²) in [5.74, 6) is 0.983. The van der Waals surface area contributed by atoms with Gasteiger partial charge >= 0.3 is 0 Å². The fourth-order valence-electron chi connectivity index (χ4n) is 2.24. The highest BCUT2D eigenvalue weighted by atomic mass is 16.3. The van der Waals surface area contributed by atoms with Gasteiger partial charge in [0.2, 0.25) is 0 Å². The lowest BCUT2D eigenvalue weighted by atomic mass is 10.1. The molecule has 0 amide bonds. The van der Waals surface area contributed by atoms with E-state index in [-0.39, 0.29) is 0 Å². The van der Waals surface area contributed by atoms with Crippen molar-refractivity contribution in [3.8, 4) is 0 Å². The predicted octanol–water partition coefficient (Wildman–Crippen LogP) is 3.46. The maximum Gasteiger partial charge on any atom is 0.117 e. The van der Waals surface area contributed by atoms with E-state index in [9.17, 15) is 0 Å². The third-order valence-electron chi connectivity index (χ3n) is 3.11. The van der Waals surface area contributed by atoms with Crippen molar-refractivity contribution >= 4 is 10.9 Å². The zero-order valence-electron chi connectivity index (χ0n) is 10.9. The largest absolute Gasteiger partial charge is 0.468 e. The van der Waals surface area contributed by atoms with E-state index in [1.165, 1.54) is 10.9 Å². The minimum Gasteiger partial charge on any atom is -0.468 e. The van der Waals surface area contributed by atoms with Crippen LogP contribution >= 0.6 is 0 Å². The molecule has 3 nitrogen and oxygen atoms in total. The molecule has 0 N–H and O–H groups in total. The van der Waals surface area contributed by atoms with Crippen LogP contribution in [0.25, 0.3) is 10.9 Å². The fourth-order valence-corrected chi connectivity index (χ4v) is 2.24. The van der Waals surface area contributed by atoms with Crippen LogP contribution in [-0.4, -0.2) is 16.9 Å². The third-order valence-corrected chi connectivity index (χ3v) is 3.11. The zero-order valence-corrected chi connectivity index (χ0v) is 10.9. The van der Waals surface area contributed by atoms with Crippen LogP contribution in [0.2, 0.25) is 0 Å². The molecule has 0 atom stereocenters. The Kier molecular flexibility index (Phi) is 3.29. The molecule has 0 unspecified atom stereocenters. The van der Waals surface area contributed by atoms with Gasteiger partial charge in [0, 0.05) is 18.1 Å². The van der Waals surface area contributed by atoms with E-state index in [0.29, 0.717) is 0 Å². The van der Waals surface area contributed by atoms with Crippen molar-refractivity contribution in [2.75, 3.05) is 7.05 Å². The summed E-state index contributed by atoms with van der Waals surface area (Å²) in [6.45, 7) is 1.67. The van der Waals surface area contributed by atoms with Crippen LogP contribution in [0.3, 0.4) is 0 Å². The summed E-state index contributed by atoms with van der Waals surface area (Å²) in [5, 5.41) is 1.19. The van der Waals surface area contributed by atoms with Crippen molar-refractivity contribution in [2.24, 2.45) is 0 Å². The second-order valence-corrected chi connectivity index (χ2v) is 4.79. The topological polar surface area (TPSA) is 29.3 Å². The number of hydrogen-bond donors (Lipinski definition) is 0. The van der Waals surface area contributed by atoms with Crippen LogP contribution in [0.5, 0.6) is 0 Å². The van der Waals surface area contributed by atoms with Crippen molar-refractivity contribution in [3.63, 3.8) is 0 Å². The summed E-state index contributed by atoms with van der Waals surface area (Å²) in [6, 6.07) is 14.3. The van der Waals surface area contributed by atoms with Crippen LogP contribution < -0.4 is 0 Å². The summed E-state index contributed by atoms with van der Waals surface area (Å²) in [4.78, 5) is 6.69. The van der Waals surface area contributed by atoms with Gasteiger partial charge in [-0.2, -0.15) is 0 Å². The smallest absolute Gasteiger partial charge is 0.117 e. The Morgan fingerprint density at radius 2 is 2.00 bits per heavy atom. The van der Waals surface area contributed by atoms with Crippen molar-refractivity contribution in [2.45, 2.75) is 13.1 Å². The molecular weight excluding hydrogens is 236 g/mol. The summed E-state index contributed by atoms with van der Waals surface area (Å²) >= 11 is 0. The van der Waals surface area contributed by atoms with Crippen molar-refractivity contribution in [1.29, 1.82) is 0 Å². The van der Waals surface area contributed by atoms with Gasteiger partial charge in [-0.15, -0.1) is 0 Å². The highest BCUT2D eigenvalue weighted by Gasteiger charge is 2.04. The number of para-hydroxylation sites is 1. The van der Waals surface area contributed by atoms with Gasteiger partial charge in [0.25, 0.3) is 0 Å². The summed E-state index contributed by atoms with van der Waals surface area (Å²) in [7, 11) is 2.08. The number of furan rings is 1. The van der Waals surface area contributed by atoms with E-state index in [4.69, 9.17) is 4.42 Å². The number of pyridine rings is 1. The Morgan fingerprint density at radius 1 is 1.11 bits per heavy atom. The molecule has 3 aromatic rings. The minimum atomic E-state index is 0.805. The molecule has 0 aliphatic heterocycles. The fraction of sp³-hybridized carbons (Fsp3) is 0.188. The molecule has 0 fully saturated rings. The second-order valence-electron chi connectivity index (χ2n) is 4.79. The van der Waals surface area contributed by atoms with Crippen molar-refractivity contribution in [1.82, 2.24) is 9.88 Å². The van der Waals surface area contributed by atoms with Gasteiger partial charge in [-0.3, -0.25) is 9.88 Å². The number of fused-ring (bicyclic) bond motifs is 1.